The molecule has 3 nitrogen and oxygen atoms in total. The van der Waals surface area contributed by atoms with Gasteiger partial charge in [-0.25, -0.2) is 0 Å². The molecular weight excluding hydrogens is 128 g/mol. The molecule has 3 heteroatoms. The lowest BCUT2D eigenvalue weighted by Crippen LogP contribution is -2.54. The van der Waals surface area contributed by atoms with Crippen molar-refractivity contribution in [2.45, 2.75) is 11.6 Å². The van der Waals surface area contributed by atoms with Crippen LogP contribution in [0.1, 0.15) is 0 Å². The molecule has 0 aromatic rings. The molecule has 0 heterocycles. The van der Waals surface area contributed by atoms with E-state index in [0.29, 0.717) is 0 Å². The minimum absolute atomic E-state index is 0.259. The van der Waals surface area contributed by atoms with Crippen molar-refractivity contribution in [3.05, 3.63) is 24.3 Å². The highest BCUT2D eigenvalue weighted by Gasteiger charge is 2.28. The van der Waals surface area contributed by atoms with Gasteiger partial charge in [0.15, 0.2) is 0 Å². The van der Waals surface area contributed by atoms with Crippen LogP contribution in [0.3, 0.4) is 0 Å². The highest BCUT2D eigenvalue weighted by Crippen LogP contribution is 2.13. The van der Waals surface area contributed by atoms with Crippen LogP contribution in [0.4, 0.5) is 0 Å². The smallest absolute Gasteiger partial charge is 0.0951 e. The van der Waals surface area contributed by atoms with Gasteiger partial charge in [-0.1, -0.05) is 24.3 Å². The maximum Gasteiger partial charge on any atom is 0.0951 e. The summed E-state index contributed by atoms with van der Waals surface area (Å²) in [5, 5.41) is 9.29. The van der Waals surface area contributed by atoms with Gasteiger partial charge in [0.05, 0.1) is 11.6 Å². The van der Waals surface area contributed by atoms with Crippen LogP contribution >= 0.6 is 0 Å². The van der Waals surface area contributed by atoms with Crippen LogP contribution < -0.4 is 11.5 Å². The second-order valence-electron chi connectivity index (χ2n) is 2.51. The molecule has 10 heavy (non-hydrogen) atoms. The van der Waals surface area contributed by atoms with Gasteiger partial charge in [-0.3, -0.25) is 0 Å². The van der Waals surface area contributed by atoms with Crippen LogP contribution in [0.15, 0.2) is 24.3 Å². The molecule has 2 unspecified atom stereocenters. The largest absolute Gasteiger partial charge is 0.387 e. The van der Waals surface area contributed by atoms with E-state index in [1.165, 1.54) is 0 Å². The molecule has 0 fully saturated rings. The van der Waals surface area contributed by atoms with E-state index < -0.39 is 11.6 Å². The predicted octanol–water partition coefficient (Wildman–Crippen LogP) is -0.871. The Morgan fingerprint density at radius 1 is 1.50 bits per heavy atom. The van der Waals surface area contributed by atoms with Crippen LogP contribution in [0.25, 0.3) is 0 Å². The predicted molar refractivity (Wildman–Crippen MR) is 40.3 cm³/mol. The Morgan fingerprint density at radius 3 is 2.60 bits per heavy atom. The molecule has 0 aliphatic heterocycles. The Hall–Kier alpha value is -0.640. The van der Waals surface area contributed by atoms with Crippen LogP contribution in [-0.2, 0) is 0 Å². The van der Waals surface area contributed by atoms with Gasteiger partial charge in [0, 0.05) is 6.54 Å². The van der Waals surface area contributed by atoms with Crippen molar-refractivity contribution in [1.82, 2.24) is 0 Å². The number of aliphatic hydroxyl groups excluding tert-OH is 1. The quantitative estimate of drug-likeness (QED) is 0.443. The van der Waals surface area contributed by atoms with Gasteiger partial charge < -0.3 is 16.6 Å². The van der Waals surface area contributed by atoms with Crippen LogP contribution in [0.5, 0.6) is 0 Å². The Labute approximate surface area is 60.0 Å². The highest BCUT2D eigenvalue weighted by molar-refractivity contribution is 5.25. The van der Waals surface area contributed by atoms with Gasteiger partial charge >= 0.3 is 0 Å². The molecule has 0 aromatic heterocycles. The summed E-state index contributed by atoms with van der Waals surface area (Å²) in [6, 6.07) is 0. The van der Waals surface area contributed by atoms with Crippen molar-refractivity contribution >= 4 is 0 Å². The fourth-order valence-electron chi connectivity index (χ4n) is 0.871. The molecule has 1 rings (SSSR count). The van der Waals surface area contributed by atoms with E-state index >= 15 is 0 Å². The summed E-state index contributed by atoms with van der Waals surface area (Å²) in [4.78, 5) is 0. The van der Waals surface area contributed by atoms with E-state index in [0.717, 1.165) is 0 Å². The topological polar surface area (TPSA) is 72.3 Å². The number of rotatable bonds is 1. The lowest BCUT2D eigenvalue weighted by molar-refractivity contribution is 0.156. The van der Waals surface area contributed by atoms with Crippen molar-refractivity contribution in [3.63, 3.8) is 0 Å². The maximum absolute atomic E-state index is 9.29. The Kier molecular flexibility index (Phi) is 1.89. The molecule has 2 atom stereocenters. The molecule has 0 amide bonds. The third-order valence-corrected chi connectivity index (χ3v) is 1.72. The highest BCUT2D eigenvalue weighted by atomic mass is 16.3. The van der Waals surface area contributed by atoms with Crippen molar-refractivity contribution in [1.29, 1.82) is 0 Å². The van der Waals surface area contributed by atoms with Gasteiger partial charge in [-0.05, 0) is 0 Å². The van der Waals surface area contributed by atoms with Gasteiger partial charge in [0.1, 0.15) is 0 Å². The summed E-state index contributed by atoms with van der Waals surface area (Å²) in [5.74, 6) is 0. The second kappa shape index (κ2) is 2.54. The van der Waals surface area contributed by atoms with Crippen molar-refractivity contribution in [3.8, 4) is 0 Å². The van der Waals surface area contributed by atoms with E-state index in [4.69, 9.17) is 11.5 Å². The van der Waals surface area contributed by atoms with E-state index in [9.17, 15) is 5.11 Å². The molecule has 1 aliphatic carbocycles. The lowest BCUT2D eigenvalue weighted by Gasteiger charge is -2.29. The first-order valence-corrected chi connectivity index (χ1v) is 3.22. The third kappa shape index (κ3) is 1.11. The summed E-state index contributed by atoms with van der Waals surface area (Å²) >= 11 is 0. The number of allylic oxidation sites excluding steroid dienone is 2. The third-order valence-electron chi connectivity index (χ3n) is 1.72. The first kappa shape index (κ1) is 7.47. The second-order valence-corrected chi connectivity index (χ2v) is 2.51. The van der Waals surface area contributed by atoms with Crippen LogP contribution in [-0.4, -0.2) is 23.3 Å². The summed E-state index contributed by atoms with van der Waals surface area (Å²) < 4.78 is 0. The summed E-state index contributed by atoms with van der Waals surface area (Å²) in [6.45, 7) is 0.259. The molecule has 56 valence electrons. The monoisotopic (exact) mass is 140 g/mol. The minimum Gasteiger partial charge on any atom is -0.387 e. The summed E-state index contributed by atoms with van der Waals surface area (Å²) in [7, 11) is 0. The number of hydrogen-bond donors (Lipinski definition) is 3. The minimum atomic E-state index is -0.755. The summed E-state index contributed by atoms with van der Waals surface area (Å²) in [6.07, 6.45) is 6.25. The van der Waals surface area contributed by atoms with Crippen molar-refractivity contribution < 1.29 is 5.11 Å². The zero-order valence-corrected chi connectivity index (χ0v) is 5.70. The fourth-order valence-corrected chi connectivity index (χ4v) is 0.871. The van der Waals surface area contributed by atoms with E-state index in [2.05, 4.69) is 0 Å². The molecule has 0 aromatic carbocycles. The normalized spacial score (nSPS) is 38.5. The zero-order chi connectivity index (χ0) is 7.61. The Bertz CT molecular complexity index is 176. The van der Waals surface area contributed by atoms with Crippen LogP contribution in [0.2, 0.25) is 0 Å². The molecule has 0 bridgehead atoms. The van der Waals surface area contributed by atoms with E-state index in [1.807, 2.05) is 0 Å². The maximum atomic E-state index is 9.29. The van der Waals surface area contributed by atoms with Gasteiger partial charge in [0.25, 0.3) is 0 Å². The average Bonchev–Trinajstić information content (AvgIpc) is 1.96. The average molecular weight is 140 g/mol. The van der Waals surface area contributed by atoms with Gasteiger partial charge in [-0.2, -0.15) is 0 Å². The number of hydrogen-bond acceptors (Lipinski definition) is 3. The number of aliphatic hydroxyl groups is 1. The Morgan fingerprint density at radius 2 is 2.20 bits per heavy atom. The van der Waals surface area contributed by atoms with Crippen molar-refractivity contribution in [2.24, 2.45) is 11.5 Å². The number of nitrogens with two attached hydrogens (primary N) is 2. The molecule has 1 aliphatic rings. The zero-order valence-electron chi connectivity index (χ0n) is 5.70. The fraction of sp³-hybridized carbons (Fsp3) is 0.429. The molecule has 0 radical (unpaired) electrons. The summed E-state index contributed by atoms with van der Waals surface area (Å²) in [5.41, 5.74) is 10.3. The lowest BCUT2D eigenvalue weighted by atomic mass is 9.90. The standard InChI is InChI=1S/C7H12N2O/c8-5-7(9)4-2-1-3-6(7)10/h1-4,6,10H,5,8-9H2. The van der Waals surface area contributed by atoms with Crippen LogP contribution in [0, 0.1) is 0 Å². The van der Waals surface area contributed by atoms with E-state index in [-0.39, 0.29) is 6.54 Å². The van der Waals surface area contributed by atoms with Crippen molar-refractivity contribution in [2.75, 3.05) is 6.54 Å². The van der Waals surface area contributed by atoms with E-state index in [1.54, 1.807) is 24.3 Å². The molecule has 5 N–H and O–H groups in total. The molecule has 0 spiro atoms. The first-order valence-electron chi connectivity index (χ1n) is 3.22. The molecule has 0 saturated heterocycles. The Balaban J connectivity index is 2.77. The first-order chi connectivity index (χ1) is 4.69. The molecule has 0 saturated carbocycles. The SMILES string of the molecule is NCC1(N)C=CC=CC1O. The van der Waals surface area contributed by atoms with Gasteiger partial charge in [0.2, 0.25) is 0 Å². The molecular formula is C7H12N2O. The van der Waals surface area contributed by atoms with Gasteiger partial charge in [-0.15, -0.1) is 0 Å².